The van der Waals surface area contributed by atoms with Gasteiger partial charge in [-0.05, 0) is 91.5 Å². The van der Waals surface area contributed by atoms with Gasteiger partial charge in [0.25, 0.3) is 0 Å². The van der Waals surface area contributed by atoms with E-state index in [2.05, 4.69) is 44.3 Å². The SMILES string of the molecule is CC1(C)[C@@H]2C[C@H]3OB([C@H](Cc4coc5ccccc45)NC(=O)Cc4ccc5c(c4)CC4(CCCC4)CO5)O[C@@]3(C)[C@H]1C2. The van der Waals surface area contributed by atoms with Gasteiger partial charge in [-0.3, -0.25) is 4.79 Å². The molecule has 6 aliphatic rings. The molecule has 2 aromatic carbocycles. The molecule has 4 aliphatic carbocycles. The summed E-state index contributed by atoms with van der Waals surface area (Å²) in [5, 5.41) is 4.42. The van der Waals surface area contributed by atoms with E-state index in [1.807, 2.05) is 30.5 Å². The minimum atomic E-state index is -0.507. The van der Waals surface area contributed by atoms with Crippen molar-refractivity contribution >= 4 is 24.0 Å². The van der Waals surface area contributed by atoms with E-state index in [-0.39, 0.29) is 34.4 Å². The minimum absolute atomic E-state index is 0.0167. The van der Waals surface area contributed by atoms with Crippen LogP contribution in [0.15, 0.2) is 53.1 Å². The maximum absolute atomic E-state index is 13.7. The summed E-state index contributed by atoms with van der Waals surface area (Å²) in [5.74, 6) is 1.77. The zero-order valence-electron chi connectivity index (χ0n) is 25.1. The highest BCUT2D eigenvalue weighted by Gasteiger charge is 2.68. The third-order valence-electron chi connectivity index (χ3n) is 11.9. The molecule has 6 nitrogen and oxygen atoms in total. The molecule has 7 heteroatoms. The van der Waals surface area contributed by atoms with Crippen LogP contribution in [0.2, 0.25) is 0 Å². The highest BCUT2D eigenvalue weighted by atomic mass is 16.7. The lowest BCUT2D eigenvalue weighted by Gasteiger charge is -2.64. The molecule has 0 unspecified atom stereocenters. The first-order valence-electron chi connectivity index (χ1n) is 16.0. The lowest BCUT2D eigenvalue weighted by Crippen LogP contribution is -2.65. The van der Waals surface area contributed by atoms with E-state index in [1.165, 1.54) is 37.7 Å². The summed E-state index contributed by atoms with van der Waals surface area (Å²) in [7, 11) is -0.507. The lowest BCUT2D eigenvalue weighted by atomic mass is 9.43. The molecule has 3 heterocycles. The molecule has 1 amide bonds. The summed E-state index contributed by atoms with van der Waals surface area (Å²) < 4.78 is 25.6. The molecule has 1 saturated heterocycles. The van der Waals surface area contributed by atoms with Gasteiger partial charge in [0.2, 0.25) is 5.91 Å². The quantitative estimate of drug-likeness (QED) is 0.346. The van der Waals surface area contributed by atoms with Crippen molar-refractivity contribution in [2.45, 2.75) is 96.2 Å². The predicted molar refractivity (Wildman–Crippen MR) is 162 cm³/mol. The zero-order chi connectivity index (χ0) is 28.7. The van der Waals surface area contributed by atoms with Gasteiger partial charge in [-0.15, -0.1) is 0 Å². The largest absolute Gasteiger partial charge is 0.493 e. The second-order valence-electron chi connectivity index (χ2n) is 14.8. The van der Waals surface area contributed by atoms with Crippen molar-refractivity contribution in [2.24, 2.45) is 22.7 Å². The van der Waals surface area contributed by atoms with E-state index in [0.29, 0.717) is 24.7 Å². The van der Waals surface area contributed by atoms with Crippen molar-refractivity contribution < 1.29 is 23.3 Å². The Morgan fingerprint density at radius 3 is 2.76 bits per heavy atom. The summed E-state index contributed by atoms with van der Waals surface area (Å²) in [6.07, 6.45) is 11.1. The molecule has 0 radical (unpaired) electrons. The van der Waals surface area contributed by atoms with Gasteiger partial charge in [-0.2, -0.15) is 0 Å². The van der Waals surface area contributed by atoms with Gasteiger partial charge < -0.3 is 23.8 Å². The van der Waals surface area contributed by atoms with Crippen LogP contribution in [0.3, 0.4) is 0 Å². The second kappa shape index (κ2) is 9.62. The van der Waals surface area contributed by atoms with E-state index < -0.39 is 7.12 Å². The van der Waals surface area contributed by atoms with Crippen LogP contribution in [-0.4, -0.2) is 37.3 Å². The van der Waals surface area contributed by atoms with Crippen molar-refractivity contribution in [3.63, 3.8) is 0 Å². The van der Waals surface area contributed by atoms with Crippen molar-refractivity contribution in [3.05, 3.63) is 65.4 Å². The first-order chi connectivity index (χ1) is 20.2. The van der Waals surface area contributed by atoms with Gasteiger partial charge in [0, 0.05) is 10.8 Å². The molecule has 9 rings (SSSR count). The van der Waals surface area contributed by atoms with Crippen LogP contribution in [-0.2, 0) is 33.4 Å². The standard InChI is InChI=1S/C35H42BNO5/c1-33(2)25-17-29(33)34(3)30(18-25)41-36(42-34)31(16-24-20-39-28-9-5-4-8-26(24)28)37-32(38)15-22-10-11-27-23(14-22)19-35(21-40-27)12-6-7-13-35/h4-5,8-11,14,20,25,29-31H,6-7,12-13,15-19,21H2,1-3H3,(H,37,38)/t25-,29-,30+,31-,34-/m0/s1. The number of hydrogen-bond donors (Lipinski definition) is 1. The van der Waals surface area contributed by atoms with Gasteiger partial charge >= 0.3 is 7.12 Å². The molecular weight excluding hydrogens is 525 g/mol. The summed E-state index contributed by atoms with van der Waals surface area (Å²) >= 11 is 0. The molecular formula is C35H42BNO5. The van der Waals surface area contributed by atoms with Crippen molar-refractivity contribution in [3.8, 4) is 5.75 Å². The summed E-state index contributed by atoms with van der Waals surface area (Å²) in [6.45, 7) is 7.81. The van der Waals surface area contributed by atoms with Gasteiger partial charge in [-0.1, -0.05) is 57.0 Å². The molecule has 5 fully saturated rings. The Balaban J connectivity index is 1.03. The molecule has 1 N–H and O–H groups in total. The summed E-state index contributed by atoms with van der Waals surface area (Å²) in [6, 6.07) is 14.4. The molecule has 220 valence electrons. The second-order valence-corrected chi connectivity index (χ2v) is 14.8. The number of nitrogens with one attached hydrogen (secondary N) is 1. The lowest BCUT2D eigenvalue weighted by molar-refractivity contribution is -0.199. The van der Waals surface area contributed by atoms with Crippen LogP contribution in [0.1, 0.15) is 76.0 Å². The van der Waals surface area contributed by atoms with Gasteiger partial charge in [0.1, 0.15) is 11.3 Å². The summed E-state index contributed by atoms with van der Waals surface area (Å²) in [4.78, 5) is 13.7. The fourth-order valence-corrected chi connectivity index (χ4v) is 9.31. The molecule has 3 aromatic rings. The fraction of sp³-hybridized carbons (Fsp3) is 0.571. The highest BCUT2D eigenvalue weighted by Crippen LogP contribution is 2.65. The Hall–Kier alpha value is -2.77. The minimum Gasteiger partial charge on any atom is -0.493 e. The topological polar surface area (TPSA) is 69.9 Å². The summed E-state index contributed by atoms with van der Waals surface area (Å²) in [5.41, 5.74) is 4.39. The van der Waals surface area contributed by atoms with Crippen LogP contribution in [0.4, 0.5) is 0 Å². The van der Waals surface area contributed by atoms with E-state index in [4.69, 9.17) is 18.5 Å². The first-order valence-corrected chi connectivity index (χ1v) is 16.0. The van der Waals surface area contributed by atoms with Gasteiger partial charge in [0.05, 0.1) is 36.9 Å². The maximum atomic E-state index is 13.7. The maximum Gasteiger partial charge on any atom is 0.482 e. The van der Waals surface area contributed by atoms with Crippen LogP contribution in [0, 0.1) is 22.7 Å². The number of rotatable bonds is 6. The molecule has 2 aliphatic heterocycles. The van der Waals surface area contributed by atoms with Crippen molar-refractivity contribution in [1.29, 1.82) is 0 Å². The van der Waals surface area contributed by atoms with E-state index in [9.17, 15) is 4.79 Å². The number of ether oxygens (including phenoxy) is 1. The third-order valence-corrected chi connectivity index (χ3v) is 11.9. The zero-order valence-corrected chi connectivity index (χ0v) is 25.1. The van der Waals surface area contributed by atoms with E-state index in [0.717, 1.165) is 47.3 Å². The number of benzene rings is 2. The Kier molecular flexibility index (Phi) is 6.15. The molecule has 42 heavy (non-hydrogen) atoms. The first kappa shape index (κ1) is 26.8. The van der Waals surface area contributed by atoms with Crippen LogP contribution in [0.5, 0.6) is 5.75 Å². The number of amides is 1. The number of fused-ring (bicyclic) bond motifs is 2. The van der Waals surface area contributed by atoms with E-state index in [1.54, 1.807) is 0 Å². The van der Waals surface area contributed by atoms with Crippen molar-refractivity contribution in [2.75, 3.05) is 6.61 Å². The monoisotopic (exact) mass is 567 g/mol. The number of carbonyl (C=O) groups is 1. The smallest absolute Gasteiger partial charge is 0.482 e. The third kappa shape index (κ3) is 4.25. The average Bonchev–Trinajstić information content (AvgIpc) is 3.69. The van der Waals surface area contributed by atoms with Gasteiger partial charge in [0.15, 0.2) is 0 Å². The molecule has 1 aromatic heterocycles. The number of carbonyl (C=O) groups excluding carboxylic acids is 1. The van der Waals surface area contributed by atoms with Crippen LogP contribution in [0.25, 0.3) is 11.0 Å². The Morgan fingerprint density at radius 1 is 1.10 bits per heavy atom. The van der Waals surface area contributed by atoms with Crippen LogP contribution < -0.4 is 10.1 Å². The fourth-order valence-electron chi connectivity index (χ4n) is 9.31. The number of furan rings is 1. The van der Waals surface area contributed by atoms with E-state index >= 15 is 0 Å². The number of para-hydroxylation sites is 1. The Labute approximate surface area is 249 Å². The molecule has 2 bridgehead atoms. The Bertz CT molecular complexity index is 1520. The molecule has 5 atom stereocenters. The molecule has 4 saturated carbocycles. The van der Waals surface area contributed by atoms with Gasteiger partial charge in [-0.25, -0.2) is 0 Å². The van der Waals surface area contributed by atoms with Crippen LogP contribution >= 0.6 is 0 Å². The normalized spacial score (nSPS) is 30.8. The Morgan fingerprint density at radius 2 is 1.93 bits per heavy atom. The average molecular weight is 568 g/mol. The molecule has 1 spiro atoms. The predicted octanol–water partition coefficient (Wildman–Crippen LogP) is 6.47. The highest BCUT2D eigenvalue weighted by molar-refractivity contribution is 6.48. The van der Waals surface area contributed by atoms with Crippen molar-refractivity contribution in [1.82, 2.24) is 5.32 Å². The number of hydrogen-bond acceptors (Lipinski definition) is 5.